The zero-order valence-electron chi connectivity index (χ0n) is 19.8. The Morgan fingerprint density at radius 2 is 1.71 bits per heavy atom. The molecule has 0 aliphatic carbocycles. The van der Waals surface area contributed by atoms with Crippen LogP contribution in [-0.4, -0.2) is 34.8 Å². The van der Waals surface area contributed by atoms with E-state index in [0.29, 0.717) is 25.3 Å². The maximum Gasteiger partial charge on any atom is 0.290 e. The van der Waals surface area contributed by atoms with Gasteiger partial charge in [-0.05, 0) is 47.7 Å². The van der Waals surface area contributed by atoms with Crippen LogP contribution in [-0.2, 0) is 16.0 Å². The molecule has 3 aromatic carbocycles. The van der Waals surface area contributed by atoms with Gasteiger partial charge in [-0.2, -0.15) is 0 Å². The number of nitrogens with zero attached hydrogens (tertiary/aromatic N) is 1. The second-order valence-electron chi connectivity index (χ2n) is 8.43. The van der Waals surface area contributed by atoms with Gasteiger partial charge in [0, 0.05) is 6.54 Å². The molecule has 0 aromatic heterocycles. The fourth-order valence-corrected chi connectivity index (χ4v) is 4.20. The number of carbonyl (C=O) groups excluding carboxylic acids is 2. The number of aliphatic hydroxyl groups excluding tert-OH is 1. The summed E-state index contributed by atoms with van der Waals surface area (Å²) >= 11 is 0. The van der Waals surface area contributed by atoms with E-state index in [1.807, 2.05) is 91.9 Å². The van der Waals surface area contributed by atoms with E-state index in [4.69, 9.17) is 4.74 Å². The van der Waals surface area contributed by atoms with Crippen molar-refractivity contribution in [2.24, 2.45) is 0 Å². The van der Waals surface area contributed by atoms with Crippen molar-refractivity contribution in [1.82, 2.24) is 4.90 Å². The van der Waals surface area contributed by atoms with Crippen molar-refractivity contribution >= 4 is 17.8 Å². The molecule has 1 atom stereocenters. The van der Waals surface area contributed by atoms with E-state index in [1.165, 1.54) is 6.08 Å². The van der Waals surface area contributed by atoms with Crippen molar-refractivity contribution in [1.29, 1.82) is 0 Å². The third kappa shape index (κ3) is 5.69. The van der Waals surface area contributed by atoms with Crippen molar-refractivity contribution in [3.05, 3.63) is 119 Å². The summed E-state index contributed by atoms with van der Waals surface area (Å²) in [5.41, 5.74) is 2.74. The van der Waals surface area contributed by atoms with Gasteiger partial charge in [-0.15, -0.1) is 0 Å². The molecule has 0 saturated carbocycles. The molecule has 1 N–H and O–H groups in total. The van der Waals surface area contributed by atoms with Crippen molar-refractivity contribution < 1.29 is 19.4 Å². The Hall–Kier alpha value is -4.12. The maximum absolute atomic E-state index is 13.3. The van der Waals surface area contributed by atoms with E-state index in [9.17, 15) is 14.7 Å². The number of hydrogen-bond acceptors (Lipinski definition) is 4. The predicted molar refractivity (Wildman–Crippen MR) is 137 cm³/mol. The summed E-state index contributed by atoms with van der Waals surface area (Å²) in [5, 5.41) is 10.8. The number of hydrogen-bond donors (Lipinski definition) is 1. The first-order valence-electron chi connectivity index (χ1n) is 11.9. The smallest absolute Gasteiger partial charge is 0.290 e. The second kappa shape index (κ2) is 11.3. The van der Waals surface area contributed by atoms with Crippen molar-refractivity contribution in [3.63, 3.8) is 0 Å². The van der Waals surface area contributed by atoms with E-state index in [1.54, 1.807) is 11.0 Å². The van der Waals surface area contributed by atoms with Gasteiger partial charge < -0.3 is 14.7 Å². The van der Waals surface area contributed by atoms with Gasteiger partial charge in [-0.25, -0.2) is 0 Å². The number of aliphatic hydroxyl groups is 1. The summed E-state index contributed by atoms with van der Waals surface area (Å²) in [6.07, 6.45) is 4.57. The van der Waals surface area contributed by atoms with Crippen molar-refractivity contribution in [2.45, 2.75) is 25.8 Å². The van der Waals surface area contributed by atoms with Gasteiger partial charge in [0.15, 0.2) is 11.5 Å². The highest BCUT2D eigenvalue weighted by Gasteiger charge is 2.42. The number of ether oxygens (including phenoxy) is 1. The Morgan fingerprint density at radius 3 is 2.43 bits per heavy atom. The Bertz CT molecular complexity index is 1230. The molecule has 0 saturated heterocycles. The molecular formula is C30H29NO4. The molecule has 178 valence electrons. The molecule has 5 heteroatoms. The molecule has 1 aliphatic heterocycles. The van der Waals surface area contributed by atoms with Crippen LogP contribution in [0.1, 0.15) is 36.1 Å². The van der Waals surface area contributed by atoms with Crippen LogP contribution in [0.15, 0.2) is 102 Å². The third-order valence-corrected chi connectivity index (χ3v) is 5.93. The lowest BCUT2D eigenvalue weighted by Gasteiger charge is -2.27. The minimum Gasteiger partial charge on any atom is -0.503 e. The van der Waals surface area contributed by atoms with Crippen LogP contribution in [0, 0.1) is 0 Å². The van der Waals surface area contributed by atoms with Gasteiger partial charge in [0.1, 0.15) is 5.75 Å². The third-order valence-electron chi connectivity index (χ3n) is 5.93. The molecular weight excluding hydrogens is 438 g/mol. The van der Waals surface area contributed by atoms with Crippen LogP contribution < -0.4 is 4.74 Å². The number of allylic oxidation sites excluding steroid dienone is 1. The number of rotatable bonds is 10. The summed E-state index contributed by atoms with van der Waals surface area (Å²) in [7, 11) is 0. The molecule has 1 amide bonds. The molecule has 3 aromatic rings. The van der Waals surface area contributed by atoms with Crippen LogP contribution >= 0.6 is 0 Å². The molecule has 0 radical (unpaired) electrons. The van der Waals surface area contributed by atoms with E-state index in [0.717, 1.165) is 23.1 Å². The van der Waals surface area contributed by atoms with Crippen LogP contribution in [0.3, 0.4) is 0 Å². The minimum absolute atomic E-state index is 0.0860. The van der Waals surface area contributed by atoms with Gasteiger partial charge in [0.2, 0.25) is 0 Å². The normalized spacial score (nSPS) is 15.7. The molecule has 35 heavy (non-hydrogen) atoms. The molecule has 1 aliphatic rings. The lowest BCUT2D eigenvalue weighted by molar-refractivity contribution is -0.129. The van der Waals surface area contributed by atoms with Crippen LogP contribution in [0.5, 0.6) is 5.75 Å². The SMILES string of the molecule is CCCOc1cccc(C2C(C(=O)/C=C/c3ccccc3)=C(O)C(=O)N2CCc2ccccc2)c1. The number of carbonyl (C=O) groups is 2. The zero-order chi connectivity index (χ0) is 24.6. The fourth-order valence-electron chi connectivity index (χ4n) is 4.20. The van der Waals surface area contributed by atoms with Gasteiger partial charge in [-0.3, -0.25) is 9.59 Å². The summed E-state index contributed by atoms with van der Waals surface area (Å²) in [5.74, 6) is -0.766. The van der Waals surface area contributed by atoms with Crippen LogP contribution in [0.25, 0.3) is 6.08 Å². The highest BCUT2D eigenvalue weighted by atomic mass is 16.5. The summed E-state index contributed by atoms with van der Waals surface area (Å²) in [4.78, 5) is 28.1. The lowest BCUT2D eigenvalue weighted by atomic mass is 9.95. The average molecular weight is 468 g/mol. The van der Waals surface area contributed by atoms with Gasteiger partial charge in [-0.1, -0.05) is 85.8 Å². The monoisotopic (exact) mass is 467 g/mol. The minimum atomic E-state index is -0.704. The number of amides is 1. The van der Waals surface area contributed by atoms with E-state index < -0.39 is 23.5 Å². The molecule has 0 fully saturated rings. The second-order valence-corrected chi connectivity index (χ2v) is 8.43. The van der Waals surface area contributed by atoms with E-state index in [2.05, 4.69) is 0 Å². The molecule has 4 rings (SSSR count). The average Bonchev–Trinajstić information content (AvgIpc) is 3.16. The van der Waals surface area contributed by atoms with Crippen LogP contribution in [0.2, 0.25) is 0 Å². The molecule has 0 bridgehead atoms. The fraction of sp³-hybridized carbons (Fsp3) is 0.200. The predicted octanol–water partition coefficient (Wildman–Crippen LogP) is 5.70. The van der Waals surface area contributed by atoms with Crippen molar-refractivity contribution in [3.8, 4) is 5.75 Å². The molecule has 1 unspecified atom stereocenters. The highest BCUT2D eigenvalue weighted by molar-refractivity contribution is 6.14. The lowest BCUT2D eigenvalue weighted by Crippen LogP contribution is -2.33. The van der Waals surface area contributed by atoms with E-state index >= 15 is 0 Å². The standard InChI is InChI=1S/C30H29NO4/c1-2-20-35-25-15-9-14-24(21-25)28-27(26(32)17-16-22-10-5-3-6-11-22)29(33)30(34)31(28)19-18-23-12-7-4-8-13-23/h3-17,21,28,33H,2,18-20H2,1H3/b17-16+. The van der Waals surface area contributed by atoms with Crippen molar-refractivity contribution in [2.75, 3.05) is 13.2 Å². The first kappa shape index (κ1) is 24.0. The Balaban J connectivity index is 1.67. The maximum atomic E-state index is 13.3. The largest absolute Gasteiger partial charge is 0.503 e. The van der Waals surface area contributed by atoms with Gasteiger partial charge >= 0.3 is 0 Å². The highest BCUT2D eigenvalue weighted by Crippen LogP contribution is 2.39. The van der Waals surface area contributed by atoms with Gasteiger partial charge in [0.25, 0.3) is 5.91 Å². The topological polar surface area (TPSA) is 66.8 Å². The summed E-state index contributed by atoms with van der Waals surface area (Å²) in [6, 6.07) is 26.0. The Kier molecular flexibility index (Phi) is 7.78. The number of benzene rings is 3. The first-order valence-corrected chi connectivity index (χ1v) is 11.9. The van der Waals surface area contributed by atoms with E-state index in [-0.39, 0.29) is 5.57 Å². The zero-order valence-corrected chi connectivity index (χ0v) is 19.8. The quantitative estimate of drug-likeness (QED) is 0.389. The number of ketones is 1. The Labute approximate surface area is 206 Å². The summed E-state index contributed by atoms with van der Waals surface area (Å²) < 4.78 is 5.79. The Morgan fingerprint density at radius 1 is 1.00 bits per heavy atom. The summed E-state index contributed by atoms with van der Waals surface area (Å²) in [6.45, 7) is 2.95. The first-order chi connectivity index (χ1) is 17.1. The molecule has 0 spiro atoms. The van der Waals surface area contributed by atoms with Crippen LogP contribution in [0.4, 0.5) is 0 Å². The van der Waals surface area contributed by atoms with Gasteiger partial charge in [0.05, 0.1) is 18.2 Å². The molecule has 5 nitrogen and oxygen atoms in total. The molecule has 1 heterocycles.